The van der Waals surface area contributed by atoms with Crippen LogP contribution < -0.4 is 5.73 Å². The van der Waals surface area contributed by atoms with Gasteiger partial charge in [-0.05, 0) is 27.1 Å². The van der Waals surface area contributed by atoms with Gasteiger partial charge in [0.1, 0.15) is 0 Å². The summed E-state index contributed by atoms with van der Waals surface area (Å²) in [5, 5.41) is 0. The van der Waals surface area contributed by atoms with Crippen LogP contribution in [0.5, 0.6) is 0 Å². The average molecular weight is 214 g/mol. The first-order valence-electron chi connectivity index (χ1n) is 5.54. The summed E-state index contributed by atoms with van der Waals surface area (Å²) in [4.78, 5) is 17.7. The maximum absolute atomic E-state index is 11.8. The largest absolute Gasteiger partial charge is 0.330 e. The van der Waals surface area contributed by atoms with E-state index in [4.69, 9.17) is 5.73 Å². The fourth-order valence-corrected chi connectivity index (χ4v) is 1.65. The molecule has 0 aromatic rings. The molecule has 1 heterocycles. The van der Waals surface area contributed by atoms with E-state index in [2.05, 4.69) is 4.90 Å². The van der Waals surface area contributed by atoms with Gasteiger partial charge < -0.3 is 20.4 Å². The Labute approximate surface area is 91.8 Å². The highest BCUT2D eigenvalue weighted by molar-refractivity contribution is 5.76. The number of amides is 2. The summed E-state index contributed by atoms with van der Waals surface area (Å²) in [6, 6.07) is 0.172. The van der Waals surface area contributed by atoms with Crippen molar-refractivity contribution in [2.75, 3.05) is 53.4 Å². The minimum absolute atomic E-state index is 0.172. The molecule has 0 aromatic carbocycles. The fraction of sp³-hybridized carbons (Fsp3) is 0.900. The van der Waals surface area contributed by atoms with E-state index >= 15 is 0 Å². The first kappa shape index (κ1) is 12.3. The molecule has 2 amide bonds. The molecule has 88 valence electrons. The van der Waals surface area contributed by atoms with Crippen LogP contribution in [0.2, 0.25) is 0 Å². The second kappa shape index (κ2) is 5.92. The highest BCUT2D eigenvalue weighted by atomic mass is 16.2. The van der Waals surface area contributed by atoms with Crippen LogP contribution in [0.15, 0.2) is 0 Å². The van der Waals surface area contributed by atoms with Crippen molar-refractivity contribution in [3.05, 3.63) is 0 Å². The first-order valence-corrected chi connectivity index (χ1v) is 5.54. The molecule has 1 aliphatic heterocycles. The second-order valence-corrected chi connectivity index (χ2v) is 4.20. The molecule has 15 heavy (non-hydrogen) atoms. The summed E-state index contributed by atoms with van der Waals surface area (Å²) in [5.41, 5.74) is 5.43. The lowest BCUT2D eigenvalue weighted by Gasteiger charge is -2.20. The van der Waals surface area contributed by atoms with E-state index in [0.29, 0.717) is 6.54 Å². The molecule has 5 nitrogen and oxygen atoms in total. The Bertz CT molecular complexity index is 208. The smallest absolute Gasteiger partial charge is 0.320 e. The minimum atomic E-state index is 0.172. The molecule has 0 aromatic heterocycles. The molecule has 1 fully saturated rings. The first-order chi connectivity index (χ1) is 7.15. The summed E-state index contributed by atoms with van der Waals surface area (Å²) >= 11 is 0. The SMILES string of the molecule is CN(C)CCN1CCN(CCCN)C1=O. The third kappa shape index (κ3) is 3.68. The third-order valence-corrected chi connectivity index (χ3v) is 2.63. The zero-order valence-corrected chi connectivity index (χ0v) is 9.78. The number of hydrogen-bond acceptors (Lipinski definition) is 3. The van der Waals surface area contributed by atoms with Gasteiger partial charge in [0.15, 0.2) is 0 Å². The Morgan fingerprint density at radius 3 is 2.40 bits per heavy atom. The van der Waals surface area contributed by atoms with Gasteiger partial charge in [0.25, 0.3) is 0 Å². The molecule has 1 rings (SSSR count). The summed E-state index contributed by atoms with van der Waals surface area (Å²) in [6.07, 6.45) is 0.896. The maximum atomic E-state index is 11.8. The van der Waals surface area contributed by atoms with Crippen molar-refractivity contribution in [1.29, 1.82) is 0 Å². The van der Waals surface area contributed by atoms with Crippen LogP contribution in [0.25, 0.3) is 0 Å². The molecule has 1 saturated heterocycles. The number of carbonyl (C=O) groups is 1. The van der Waals surface area contributed by atoms with Gasteiger partial charge in [-0.15, -0.1) is 0 Å². The van der Waals surface area contributed by atoms with Crippen molar-refractivity contribution in [1.82, 2.24) is 14.7 Å². The predicted octanol–water partition coefficient (Wildman–Crippen LogP) is -0.366. The van der Waals surface area contributed by atoms with Crippen LogP contribution >= 0.6 is 0 Å². The second-order valence-electron chi connectivity index (χ2n) is 4.20. The Balaban J connectivity index is 2.29. The van der Waals surface area contributed by atoms with Gasteiger partial charge in [0.05, 0.1) is 0 Å². The van der Waals surface area contributed by atoms with Crippen LogP contribution in [-0.4, -0.2) is 74.1 Å². The van der Waals surface area contributed by atoms with Gasteiger partial charge in [0, 0.05) is 32.7 Å². The Kier molecular flexibility index (Phi) is 4.84. The van der Waals surface area contributed by atoms with Crippen molar-refractivity contribution >= 4 is 6.03 Å². The highest BCUT2D eigenvalue weighted by Crippen LogP contribution is 2.08. The van der Waals surface area contributed by atoms with Crippen molar-refractivity contribution in [3.63, 3.8) is 0 Å². The number of nitrogens with zero attached hydrogens (tertiary/aromatic N) is 3. The molecule has 0 bridgehead atoms. The minimum Gasteiger partial charge on any atom is -0.330 e. The molecular formula is C10H22N4O. The molecule has 0 radical (unpaired) electrons. The van der Waals surface area contributed by atoms with E-state index in [9.17, 15) is 4.79 Å². The summed E-state index contributed by atoms with van der Waals surface area (Å²) in [7, 11) is 4.04. The standard InChI is InChI=1S/C10H22N4O/c1-12(2)6-7-14-9-8-13(10(14)15)5-3-4-11/h3-9,11H2,1-2H3. The van der Waals surface area contributed by atoms with Crippen molar-refractivity contribution in [3.8, 4) is 0 Å². The zero-order valence-electron chi connectivity index (χ0n) is 9.78. The molecule has 0 unspecified atom stereocenters. The van der Waals surface area contributed by atoms with E-state index in [1.165, 1.54) is 0 Å². The number of rotatable bonds is 6. The summed E-state index contributed by atoms with van der Waals surface area (Å²) in [6.45, 7) is 4.92. The Morgan fingerprint density at radius 1 is 1.27 bits per heavy atom. The molecule has 0 aliphatic carbocycles. The maximum Gasteiger partial charge on any atom is 0.320 e. The van der Waals surface area contributed by atoms with Gasteiger partial charge in [-0.2, -0.15) is 0 Å². The van der Waals surface area contributed by atoms with E-state index in [1.54, 1.807) is 0 Å². The van der Waals surface area contributed by atoms with Gasteiger partial charge in [-0.3, -0.25) is 0 Å². The van der Waals surface area contributed by atoms with Gasteiger partial charge in [-0.25, -0.2) is 4.79 Å². The van der Waals surface area contributed by atoms with E-state index in [0.717, 1.165) is 39.1 Å². The normalized spacial score (nSPS) is 16.9. The van der Waals surface area contributed by atoms with E-state index < -0.39 is 0 Å². The fourth-order valence-electron chi connectivity index (χ4n) is 1.65. The molecule has 5 heteroatoms. The van der Waals surface area contributed by atoms with Crippen LogP contribution in [0.4, 0.5) is 4.79 Å². The van der Waals surface area contributed by atoms with Crippen molar-refractivity contribution < 1.29 is 4.79 Å². The lowest BCUT2D eigenvalue weighted by atomic mass is 10.4. The number of urea groups is 1. The van der Waals surface area contributed by atoms with Crippen LogP contribution in [-0.2, 0) is 0 Å². The van der Waals surface area contributed by atoms with Crippen LogP contribution in [0.3, 0.4) is 0 Å². The Morgan fingerprint density at radius 2 is 1.87 bits per heavy atom. The van der Waals surface area contributed by atoms with E-state index in [1.807, 2.05) is 23.9 Å². The molecule has 0 atom stereocenters. The highest BCUT2D eigenvalue weighted by Gasteiger charge is 2.27. The number of likely N-dealkylation sites (N-methyl/N-ethyl adjacent to an activating group) is 1. The number of carbonyl (C=O) groups excluding carboxylic acids is 1. The molecular weight excluding hydrogens is 192 g/mol. The van der Waals surface area contributed by atoms with Crippen molar-refractivity contribution in [2.45, 2.75) is 6.42 Å². The quantitative estimate of drug-likeness (QED) is 0.656. The van der Waals surface area contributed by atoms with Gasteiger partial charge in [0.2, 0.25) is 0 Å². The van der Waals surface area contributed by atoms with Gasteiger partial charge >= 0.3 is 6.03 Å². The van der Waals surface area contributed by atoms with Gasteiger partial charge in [-0.1, -0.05) is 0 Å². The average Bonchev–Trinajstić information content (AvgIpc) is 2.54. The zero-order chi connectivity index (χ0) is 11.3. The lowest BCUT2D eigenvalue weighted by Crippen LogP contribution is -2.36. The lowest BCUT2D eigenvalue weighted by molar-refractivity contribution is 0.188. The number of nitrogens with two attached hydrogens (primary N) is 1. The predicted molar refractivity (Wildman–Crippen MR) is 60.8 cm³/mol. The third-order valence-electron chi connectivity index (χ3n) is 2.63. The Hall–Kier alpha value is -0.810. The summed E-state index contributed by atoms with van der Waals surface area (Å²) in [5.74, 6) is 0. The monoisotopic (exact) mass is 214 g/mol. The molecule has 2 N–H and O–H groups in total. The summed E-state index contributed by atoms with van der Waals surface area (Å²) < 4.78 is 0. The molecule has 0 spiro atoms. The number of hydrogen-bond donors (Lipinski definition) is 1. The van der Waals surface area contributed by atoms with Crippen LogP contribution in [0.1, 0.15) is 6.42 Å². The molecule has 1 aliphatic rings. The van der Waals surface area contributed by atoms with Crippen molar-refractivity contribution in [2.24, 2.45) is 5.73 Å². The molecule has 0 saturated carbocycles. The topological polar surface area (TPSA) is 52.8 Å². The van der Waals surface area contributed by atoms with Crippen LogP contribution in [0, 0.1) is 0 Å². The van der Waals surface area contributed by atoms with E-state index in [-0.39, 0.29) is 6.03 Å².